The third-order valence-electron chi connectivity index (χ3n) is 4.29. The van der Waals surface area contributed by atoms with E-state index in [4.69, 9.17) is 4.84 Å². The third-order valence-corrected chi connectivity index (χ3v) is 4.29. The Hall–Kier alpha value is -0.120. The predicted octanol–water partition coefficient (Wildman–Crippen LogP) is 1.69. The molecule has 3 rings (SSSR count). The lowest BCUT2D eigenvalue weighted by Crippen LogP contribution is -2.40. The van der Waals surface area contributed by atoms with E-state index < -0.39 is 0 Å². The Kier molecular flexibility index (Phi) is 2.95. The monoisotopic (exact) mass is 210 g/mol. The molecule has 2 aliphatic heterocycles. The van der Waals surface area contributed by atoms with Gasteiger partial charge < -0.3 is 0 Å². The van der Waals surface area contributed by atoms with Gasteiger partial charge in [-0.15, -0.1) is 0 Å². The summed E-state index contributed by atoms with van der Waals surface area (Å²) < 4.78 is 0. The highest BCUT2D eigenvalue weighted by molar-refractivity contribution is 4.94. The molecule has 3 aliphatic rings. The van der Waals surface area contributed by atoms with Gasteiger partial charge in [0.05, 0.1) is 6.10 Å². The first kappa shape index (κ1) is 10.1. The van der Waals surface area contributed by atoms with Crippen molar-refractivity contribution < 1.29 is 4.84 Å². The average Bonchev–Trinajstić information content (AvgIpc) is 2.93. The molecule has 2 saturated heterocycles. The third kappa shape index (κ3) is 2.05. The molecule has 1 aliphatic carbocycles. The van der Waals surface area contributed by atoms with Gasteiger partial charge in [-0.1, -0.05) is 12.8 Å². The Morgan fingerprint density at radius 2 is 1.80 bits per heavy atom. The molecule has 2 unspecified atom stereocenters. The number of fused-ring (bicyclic) bond motifs is 1. The van der Waals surface area contributed by atoms with E-state index in [9.17, 15) is 0 Å². The minimum atomic E-state index is 0.500. The Balaban J connectivity index is 1.46. The molecular weight excluding hydrogens is 188 g/mol. The zero-order valence-corrected chi connectivity index (χ0v) is 9.45. The highest BCUT2D eigenvalue weighted by Gasteiger charge is 2.37. The normalized spacial score (nSPS) is 37.6. The van der Waals surface area contributed by atoms with Crippen molar-refractivity contribution in [2.75, 3.05) is 13.1 Å². The van der Waals surface area contributed by atoms with Gasteiger partial charge in [0.25, 0.3) is 0 Å². The van der Waals surface area contributed by atoms with Crippen LogP contribution < -0.4 is 5.48 Å². The topological polar surface area (TPSA) is 24.5 Å². The summed E-state index contributed by atoms with van der Waals surface area (Å²) in [5, 5.41) is 0. The van der Waals surface area contributed by atoms with Crippen molar-refractivity contribution in [3.8, 4) is 0 Å². The molecule has 0 aromatic carbocycles. The second kappa shape index (κ2) is 4.40. The van der Waals surface area contributed by atoms with E-state index >= 15 is 0 Å². The van der Waals surface area contributed by atoms with E-state index in [1.54, 1.807) is 0 Å². The molecule has 3 fully saturated rings. The van der Waals surface area contributed by atoms with E-state index in [0.717, 1.165) is 6.04 Å². The van der Waals surface area contributed by atoms with Crippen molar-refractivity contribution in [3.63, 3.8) is 0 Å². The number of rotatable bonds is 3. The Morgan fingerprint density at radius 3 is 2.67 bits per heavy atom. The van der Waals surface area contributed by atoms with Crippen molar-refractivity contribution >= 4 is 0 Å². The average molecular weight is 210 g/mol. The second-order valence-electron chi connectivity index (χ2n) is 5.28. The van der Waals surface area contributed by atoms with Crippen LogP contribution in [0.4, 0.5) is 0 Å². The van der Waals surface area contributed by atoms with E-state index in [-0.39, 0.29) is 0 Å². The van der Waals surface area contributed by atoms with Crippen LogP contribution in [0.25, 0.3) is 0 Å². The van der Waals surface area contributed by atoms with Crippen LogP contribution in [0.3, 0.4) is 0 Å². The molecule has 0 bridgehead atoms. The fourth-order valence-electron chi connectivity index (χ4n) is 3.41. The molecule has 0 radical (unpaired) electrons. The van der Waals surface area contributed by atoms with Crippen molar-refractivity contribution in [3.05, 3.63) is 0 Å². The number of hydrogen-bond acceptors (Lipinski definition) is 3. The van der Waals surface area contributed by atoms with Crippen molar-refractivity contribution in [1.82, 2.24) is 10.4 Å². The summed E-state index contributed by atoms with van der Waals surface area (Å²) in [7, 11) is 0. The molecule has 0 aromatic rings. The number of hydrogen-bond donors (Lipinski definition) is 1. The molecule has 0 amide bonds. The van der Waals surface area contributed by atoms with Crippen LogP contribution in [0.5, 0.6) is 0 Å². The quantitative estimate of drug-likeness (QED) is 0.717. The molecule has 3 heteroatoms. The number of nitrogens with zero attached hydrogens (tertiary/aromatic N) is 1. The minimum Gasteiger partial charge on any atom is -0.299 e. The summed E-state index contributed by atoms with van der Waals surface area (Å²) in [6.45, 7) is 2.59. The maximum atomic E-state index is 5.82. The first-order valence-electron chi connectivity index (χ1n) is 6.59. The molecule has 86 valence electrons. The highest BCUT2D eigenvalue weighted by Crippen LogP contribution is 2.28. The van der Waals surface area contributed by atoms with Crippen LogP contribution in [0.1, 0.15) is 44.9 Å². The van der Waals surface area contributed by atoms with E-state index in [1.807, 2.05) is 0 Å². The summed E-state index contributed by atoms with van der Waals surface area (Å²) in [5.74, 6) is 0. The van der Waals surface area contributed by atoms with Crippen LogP contribution in [-0.2, 0) is 4.84 Å². The minimum absolute atomic E-state index is 0.500. The lowest BCUT2D eigenvalue weighted by atomic mass is 10.1. The first-order valence-corrected chi connectivity index (χ1v) is 6.59. The van der Waals surface area contributed by atoms with Crippen LogP contribution in [0.15, 0.2) is 0 Å². The molecule has 0 spiro atoms. The zero-order chi connectivity index (χ0) is 10.1. The molecule has 15 heavy (non-hydrogen) atoms. The van der Waals surface area contributed by atoms with Gasteiger partial charge in [0, 0.05) is 18.6 Å². The molecule has 2 heterocycles. The summed E-state index contributed by atoms with van der Waals surface area (Å²) in [6.07, 6.45) is 9.75. The van der Waals surface area contributed by atoms with Gasteiger partial charge in [-0.05, 0) is 38.6 Å². The first-order chi connectivity index (χ1) is 7.43. The summed E-state index contributed by atoms with van der Waals surface area (Å²) in [4.78, 5) is 8.44. The van der Waals surface area contributed by atoms with Gasteiger partial charge in [-0.2, -0.15) is 5.48 Å². The molecule has 1 saturated carbocycles. The van der Waals surface area contributed by atoms with Crippen LogP contribution >= 0.6 is 0 Å². The fourth-order valence-corrected chi connectivity index (χ4v) is 3.41. The molecule has 0 aromatic heterocycles. The van der Waals surface area contributed by atoms with Crippen LogP contribution in [0.2, 0.25) is 0 Å². The van der Waals surface area contributed by atoms with Crippen molar-refractivity contribution in [2.45, 2.75) is 63.1 Å². The standard InChI is InChI=1S/C12H22N2O/c1-2-5-10(4-1)15-13-11-7-9-14-8-3-6-12(11)14/h10-13H,1-9H2. The van der Waals surface area contributed by atoms with Crippen molar-refractivity contribution in [1.29, 1.82) is 0 Å². The summed E-state index contributed by atoms with van der Waals surface area (Å²) in [6, 6.07) is 1.37. The zero-order valence-electron chi connectivity index (χ0n) is 9.45. The molecule has 3 nitrogen and oxygen atoms in total. The maximum Gasteiger partial charge on any atom is 0.0790 e. The molecular formula is C12H22N2O. The SMILES string of the molecule is C1CCC(ONC2CCN3CCCC23)C1. The Bertz CT molecular complexity index is 216. The maximum absolute atomic E-state index is 5.82. The van der Waals surface area contributed by atoms with E-state index in [2.05, 4.69) is 10.4 Å². The molecule has 1 N–H and O–H groups in total. The lowest BCUT2D eigenvalue weighted by molar-refractivity contribution is -0.0440. The Morgan fingerprint density at radius 1 is 0.933 bits per heavy atom. The van der Waals surface area contributed by atoms with Gasteiger partial charge in [0.2, 0.25) is 0 Å². The number of nitrogens with one attached hydrogen (secondary N) is 1. The predicted molar refractivity (Wildman–Crippen MR) is 59.5 cm³/mol. The second-order valence-corrected chi connectivity index (χ2v) is 5.28. The Labute approximate surface area is 92.1 Å². The fraction of sp³-hybridized carbons (Fsp3) is 1.00. The number of hydroxylamine groups is 1. The summed E-state index contributed by atoms with van der Waals surface area (Å²) >= 11 is 0. The van der Waals surface area contributed by atoms with E-state index in [0.29, 0.717) is 12.1 Å². The van der Waals surface area contributed by atoms with Gasteiger partial charge in [-0.3, -0.25) is 9.74 Å². The largest absolute Gasteiger partial charge is 0.299 e. The van der Waals surface area contributed by atoms with Gasteiger partial charge in [0.15, 0.2) is 0 Å². The van der Waals surface area contributed by atoms with E-state index in [1.165, 1.54) is 58.0 Å². The van der Waals surface area contributed by atoms with Gasteiger partial charge >= 0.3 is 0 Å². The molecule has 2 atom stereocenters. The van der Waals surface area contributed by atoms with Crippen LogP contribution in [0, 0.1) is 0 Å². The van der Waals surface area contributed by atoms with Gasteiger partial charge in [-0.25, -0.2) is 0 Å². The van der Waals surface area contributed by atoms with Crippen molar-refractivity contribution in [2.24, 2.45) is 0 Å². The smallest absolute Gasteiger partial charge is 0.0790 e. The lowest BCUT2D eigenvalue weighted by Gasteiger charge is -2.22. The van der Waals surface area contributed by atoms with Gasteiger partial charge in [0.1, 0.15) is 0 Å². The highest BCUT2D eigenvalue weighted by atomic mass is 16.7. The van der Waals surface area contributed by atoms with Crippen LogP contribution in [-0.4, -0.2) is 36.2 Å². The summed E-state index contributed by atoms with van der Waals surface area (Å²) in [5.41, 5.74) is 3.35.